The molecule has 1 unspecified atom stereocenters. The highest BCUT2D eigenvalue weighted by Gasteiger charge is 2.23. The predicted octanol–water partition coefficient (Wildman–Crippen LogP) is 4.88. The summed E-state index contributed by atoms with van der Waals surface area (Å²) in [6.45, 7) is 3.25. The topological polar surface area (TPSA) is 12.5 Å². The number of thiophene rings is 1. The lowest BCUT2D eigenvalue weighted by Gasteiger charge is -2.33. The predicted molar refractivity (Wildman–Crippen MR) is 87.4 cm³/mol. The Hall–Kier alpha value is -0.460. The van der Waals surface area contributed by atoms with Gasteiger partial charge >= 0.3 is 0 Å². The van der Waals surface area contributed by atoms with Crippen molar-refractivity contribution in [1.29, 1.82) is 0 Å². The summed E-state index contributed by atoms with van der Waals surface area (Å²) in [5.41, 5.74) is 0.927. The van der Waals surface area contributed by atoms with Crippen LogP contribution in [-0.2, 0) is 11.3 Å². The molecular weight excluding hydrogens is 377 g/mol. The number of hydrogen-bond acceptors (Lipinski definition) is 3. The minimum atomic E-state index is -0.393. The van der Waals surface area contributed by atoms with E-state index < -0.39 is 5.82 Å². The van der Waals surface area contributed by atoms with Gasteiger partial charge in [0.25, 0.3) is 0 Å². The largest absolute Gasteiger partial charge is 0.371 e. The third kappa shape index (κ3) is 3.66. The van der Waals surface area contributed by atoms with E-state index in [1.807, 2.05) is 0 Å². The molecule has 112 valence electrons. The standard InChI is InChI=1S/C15H14BrClFNOS/c16-11-3-6-21-15(11)9-19-4-5-20-14(8-19)10-1-2-13(18)12(17)7-10/h1-3,6-7,14H,4-5,8-9H2. The number of ether oxygens (including phenoxy) is 1. The van der Waals surface area contributed by atoms with Crippen molar-refractivity contribution < 1.29 is 9.13 Å². The van der Waals surface area contributed by atoms with Gasteiger partial charge in [0.2, 0.25) is 0 Å². The number of rotatable bonds is 3. The Morgan fingerprint density at radius 2 is 2.29 bits per heavy atom. The second-order valence-corrected chi connectivity index (χ2v) is 7.22. The molecule has 21 heavy (non-hydrogen) atoms. The Labute approximate surface area is 140 Å². The molecule has 1 atom stereocenters. The normalized spacial score (nSPS) is 19.9. The lowest BCUT2D eigenvalue weighted by atomic mass is 10.1. The summed E-state index contributed by atoms with van der Waals surface area (Å²) >= 11 is 11.2. The molecule has 0 N–H and O–H groups in total. The van der Waals surface area contributed by atoms with Crippen LogP contribution < -0.4 is 0 Å². The Morgan fingerprint density at radius 3 is 3.00 bits per heavy atom. The van der Waals surface area contributed by atoms with Gasteiger partial charge in [-0.3, -0.25) is 4.90 Å². The Morgan fingerprint density at radius 1 is 1.43 bits per heavy atom. The molecule has 1 aromatic heterocycles. The molecule has 0 bridgehead atoms. The molecular formula is C15H14BrClFNOS. The van der Waals surface area contributed by atoms with E-state index in [4.69, 9.17) is 16.3 Å². The molecule has 0 radical (unpaired) electrons. The Bertz CT molecular complexity index is 636. The zero-order chi connectivity index (χ0) is 14.8. The summed E-state index contributed by atoms with van der Waals surface area (Å²) in [5.74, 6) is -0.393. The molecule has 1 saturated heterocycles. The highest BCUT2D eigenvalue weighted by Crippen LogP contribution is 2.29. The molecule has 1 aromatic carbocycles. The number of morpholine rings is 1. The summed E-state index contributed by atoms with van der Waals surface area (Å²) in [6, 6.07) is 6.87. The van der Waals surface area contributed by atoms with E-state index in [0.717, 1.165) is 29.7 Å². The SMILES string of the molecule is Fc1ccc(C2CN(Cc3sccc3Br)CCO2)cc1Cl. The van der Waals surface area contributed by atoms with Gasteiger partial charge in [0, 0.05) is 29.0 Å². The van der Waals surface area contributed by atoms with Crippen molar-refractivity contribution in [2.45, 2.75) is 12.6 Å². The van der Waals surface area contributed by atoms with Gasteiger partial charge in [-0.05, 0) is 45.1 Å². The first-order valence-electron chi connectivity index (χ1n) is 6.64. The molecule has 1 fully saturated rings. The van der Waals surface area contributed by atoms with Crippen LogP contribution in [0.1, 0.15) is 16.5 Å². The van der Waals surface area contributed by atoms with E-state index in [1.54, 1.807) is 23.5 Å². The maximum Gasteiger partial charge on any atom is 0.141 e. The third-order valence-corrected chi connectivity index (χ3v) is 5.73. The zero-order valence-electron chi connectivity index (χ0n) is 11.2. The number of benzene rings is 1. The molecule has 0 saturated carbocycles. The van der Waals surface area contributed by atoms with Crippen LogP contribution in [-0.4, -0.2) is 24.6 Å². The van der Waals surface area contributed by atoms with Crippen molar-refractivity contribution in [2.75, 3.05) is 19.7 Å². The van der Waals surface area contributed by atoms with Crippen LogP contribution in [0.5, 0.6) is 0 Å². The fraction of sp³-hybridized carbons (Fsp3) is 0.333. The number of halogens is 3. The van der Waals surface area contributed by atoms with Crippen LogP contribution >= 0.6 is 38.9 Å². The molecule has 0 amide bonds. The van der Waals surface area contributed by atoms with Crippen molar-refractivity contribution in [1.82, 2.24) is 4.90 Å². The fourth-order valence-corrected chi connectivity index (χ4v) is 4.11. The first-order valence-corrected chi connectivity index (χ1v) is 8.69. The van der Waals surface area contributed by atoms with E-state index in [9.17, 15) is 4.39 Å². The number of nitrogens with zero attached hydrogens (tertiary/aromatic N) is 1. The van der Waals surface area contributed by atoms with Gasteiger partial charge in [0.05, 0.1) is 17.7 Å². The summed E-state index contributed by atoms with van der Waals surface area (Å²) in [6.07, 6.45) is -0.0596. The van der Waals surface area contributed by atoms with Gasteiger partial charge in [-0.1, -0.05) is 17.7 Å². The number of hydrogen-bond donors (Lipinski definition) is 0. The summed E-state index contributed by atoms with van der Waals surface area (Å²) in [4.78, 5) is 3.66. The molecule has 1 aliphatic heterocycles. The fourth-order valence-electron chi connectivity index (χ4n) is 2.40. The van der Waals surface area contributed by atoms with Gasteiger partial charge in [-0.2, -0.15) is 0 Å². The molecule has 6 heteroatoms. The molecule has 3 rings (SSSR count). The van der Waals surface area contributed by atoms with Crippen LogP contribution in [0.2, 0.25) is 5.02 Å². The van der Waals surface area contributed by atoms with Gasteiger partial charge in [0.15, 0.2) is 0 Å². The molecule has 2 nitrogen and oxygen atoms in total. The second-order valence-electron chi connectivity index (χ2n) is 4.96. The summed E-state index contributed by atoms with van der Waals surface area (Å²) in [7, 11) is 0. The highest BCUT2D eigenvalue weighted by molar-refractivity contribution is 9.10. The quantitative estimate of drug-likeness (QED) is 0.741. The lowest BCUT2D eigenvalue weighted by Crippen LogP contribution is -2.37. The van der Waals surface area contributed by atoms with Gasteiger partial charge < -0.3 is 4.74 Å². The van der Waals surface area contributed by atoms with Crippen molar-refractivity contribution in [3.05, 3.63) is 55.4 Å². The first kappa shape index (κ1) is 15.4. The molecule has 1 aliphatic rings. The van der Waals surface area contributed by atoms with E-state index in [0.29, 0.717) is 6.61 Å². The second kappa shape index (κ2) is 6.75. The average Bonchev–Trinajstić information content (AvgIpc) is 2.88. The first-order chi connectivity index (χ1) is 10.1. The van der Waals surface area contributed by atoms with Gasteiger partial charge in [-0.15, -0.1) is 11.3 Å². The molecule has 0 aliphatic carbocycles. The van der Waals surface area contributed by atoms with Crippen molar-refractivity contribution >= 4 is 38.9 Å². The van der Waals surface area contributed by atoms with Gasteiger partial charge in [0.1, 0.15) is 5.82 Å². The van der Waals surface area contributed by atoms with E-state index >= 15 is 0 Å². The zero-order valence-corrected chi connectivity index (χ0v) is 14.3. The maximum absolute atomic E-state index is 13.3. The van der Waals surface area contributed by atoms with E-state index in [-0.39, 0.29) is 11.1 Å². The van der Waals surface area contributed by atoms with Gasteiger partial charge in [-0.25, -0.2) is 4.39 Å². The van der Waals surface area contributed by atoms with Crippen molar-refractivity contribution in [3.8, 4) is 0 Å². The minimum absolute atomic E-state index is 0.0596. The van der Waals surface area contributed by atoms with Crippen LogP contribution in [0, 0.1) is 5.82 Å². The minimum Gasteiger partial charge on any atom is -0.371 e. The average molecular weight is 391 g/mol. The van der Waals surface area contributed by atoms with Crippen LogP contribution in [0.4, 0.5) is 4.39 Å². The van der Waals surface area contributed by atoms with Crippen LogP contribution in [0.15, 0.2) is 34.1 Å². The summed E-state index contributed by atoms with van der Waals surface area (Å²) < 4.78 is 20.2. The van der Waals surface area contributed by atoms with Crippen LogP contribution in [0.25, 0.3) is 0 Å². The smallest absolute Gasteiger partial charge is 0.141 e. The lowest BCUT2D eigenvalue weighted by molar-refractivity contribution is -0.0327. The molecule has 2 aromatic rings. The molecule has 2 heterocycles. The van der Waals surface area contributed by atoms with E-state index in [1.165, 1.54) is 10.9 Å². The van der Waals surface area contributed by atoms with E-state index in [2.05, 4.69) is 32.3 Å². The third-order valence-electron chi connectivity index (χ3n) is 3.52. The maximum atomic E-state index is 13.3. The molecule has 0 spiro atoms. The Kier molecular flexibility index (Phi) is 4.96. The highest BCUT2D eigenvalue weighted by atomic mass is 79.9. The summed E-state index contributed by atoms with van der Waals surface area (Å²) in [5, 5.41) is 2.23. The monoisotopic (exact) mass is 389 g/mol. The Balaban J connectivity index is 1.70. The van der Waals surface area contributed by atoms with Crippen LogP contribution in [0.3, 0.4) is 0 Å². The van der Waals surface area contributed by atoms with Crippen molar-refractivity contribution in [2.24, 2.45) is 0 Å². The van der Waals surface area contributed by atoms with Crippen molar-refractivity contribution in [3.63, 3.8) is 0 Å².